The van der Waals surface area contributed by atoms with E-state index < -0.39 is 17.8 Å². The number of rotatable bonds is 11. The molecule has 0 spiro atoms. The first-order valence-electron chi connectivity index (χ1n) is 10.9. The van der Waals surface area contributed by atoms with E-state index in [0.717, 1.165) is 12.0 Å². The third-order valence-electron chi connectivity index (χ3n) is 4.57. The Morgan fingerprint density at radius 1 is 0.879 bits per heavy atom. The van der Waals surface area contributed by atoms with Gasteiger partial charge in [-0.05, 0) is 62.6 Å². The van der Waals surface area contributed by atoms with Gasteiger partial charge in [-0.1, -0.05) is 25.1 Å². The summed E-state index contributed by atoms with van der Waals surface area (Å²) in [5.74, 6) is -1.66. The van der Waals surface area contributed by atoms with Crippen molar-refractivity contribution in [3.05, 3.63) is 59.7 Å². The highest BCUT2D eigenvalue weighted by atomic mass is 16.5. The topological polar surface area (TPSA) is 111 Å². The van der Waals surface area contributed by atoms with Crippen molar-refractivity contribution in [2.24, 2.45) is 0 Å². The van der Waals surface area contributed by atoms with Gasteiger partial charge < -0.3 is 20.1 Å². The summed E-state index contributed by atoms with van der Waals surface area (Å²) < 4.78 is 10.1. The quantitative estimate of drug-likeness (QED) is 0.495. The molecule has 0 aromatic heterocycles. The van der Waals surface area contributed by atoms with Gasteiger partial charge in [0.15, 0.2) is 6.61 Å². The highest BCUT2D eigenvalue weighted by molar-refractivity contribution is 5.94. The Balaban J connectivity index is 1.67. The fraction of sp³-hybridized carbons (Fsp3) is 0.360. The number of hydrogen-bond acceptors (Lipinski definition) is 6. The third-order valence-corrected chi connectivity index (χ3v) is 4.57. The summed E-state index contributed by atoms with van der Waals surface area (Å²) in [5, 5.41) is 5.43. The fourth-order valence-corrected chi connectivity index (χ4v) is 2.94. The maximum atomic E-state index is 12.1. The van der Waals surface area contributed by atoms with Gasteiger partial charge in [-0.25, -0.2) is 4.79 Å². The number of para-hydroxylation sites is 1. The molecule has 0 unspecified atom stereocenters. The fourth-order valence-electron chi connectivity index (χ4n) is 2.94. The second kappa shape index (κ2) is 13.0. The van der Waals surface area contributed by atoms with Crippen molar-refractivity contribution in [1.29, 1.82) is 0 Å². The summed E-state index contributed by atoms with van der Waals surface area (Å²) in [6.45, 7) is 5.14. The predicted octanol–water partition coefficient (Wildman–Crippen LogP) is 4.10. The van der Waals surface area contributed by atoms with Crippen LogP contribution in [0.5, 0.6) is 0 Å². The Hall–Kier alpha value is -3.68. The standard InChI is InChI=1S/C25H30N2O6/c1-4-18-8-5-6-9-21(18)27-23(29)16-32-24(30)11-7-10-22(28)26-20-14-12-19(13-15-20)25(31)33-17(2)3/h5-6,8-9,12-15,17H,4,7,10-11,16H2,1-3H3,(H,26,28)(H,27,29). The molecule has 0 aliphatic heterocycles. The molecular weight excluding hydrogens is 424 g/mol. The Morgan fingerprint density at radius 3 is 2.24 bits per heavy atom. The Bertz CT molecular complexity index is 969. The zero-order chi connectivity index (χ0) is 24.2. The first-order chi connectivity index (χ1) is 15.8. The van der Waals surface area contributed by atoms with E-state index in [1.165, 1.54) is 0 Å². The molecule has 176 valence electrons. The number of esters is 2. The van der Waals surface area contributed by atoms with Gasteiger partial charge in [-0.15, -0.1) is 0 Å². The van der Waals surface area contributed by atoms with Crippen LogP contribution in [-0.2, 0) is 30.3 Å². The van der Waals surface area contributed by atoms with Gasteiger partial charge in [0.2, 0.25) is 5.91 Å². The molecule has 0 fully saturated rings. The smallest absolute Gasteiger partial charge is 0.338 e. The molecule has 0 heterocycles. The summed E-state index contributed by atoms with van der Waals surface area (Å²) in [6.07, 6.45) is 0.974. The summed E-state index contributed by atoms with van der Waals surface area (Å²) in [6, 6.07) is 13.8. The first kappa shape index (κ1) is 25.6. The van der Waals surface area contributed by atoms with Gasteiger partial charge >= 0.3 is 11.9 Å². The highest BCUT2D eigenvalue weighted by Gasteiger charge is 2.12. The van der Waals surface area contributed by atoms with E-state index in [2.05, 4.69) is 10.6 Å². The summed E-state index contributed by atoms with van der Waals surface area (Å²) in [4.78, 5) is 47.8. The maximum Gasteiger partial charge on any atom is 0.338 e. The van der Waals surface area contributed by atoms with Crippen LogP contribution in [0.25, 0.3) is 0 Å². The number of aryl methyl sites for hydroxylation is 1. The number of carbonyl (C=O) groups is 4. The molecule has 2 rings (SSSR count). The number of anilines is 2. The van der Waals surface area contributed by atoms with Crippen LogP contribution < -0.4 is 10.6 Å². The number of benzene rings is 2. The van der Waals surface area contributed by atoms with E-state index in [0.29, 0.717) is 16.9 Å². The lowest BCUT2D eigenvalue weighted by Crippen LogP contribution is -2.21. The molecule has 33 heavy (non-hydrogen) atoms. The summed E-state index contributed by atoms with van der Waals surface area (Å²) in [5.41, 5.74) is 2.62. The second-order valence-electron chi connectivity index (χ2n) is 7.65. The Labute approximate surface area is 193 Å². The Morgan fingerprint density at radius 2 is 1.58 bits per heavy atom. The molecule has 0 saturated carbocycles. The number of amides is 2. The van der Waals surface area contributed by atoms with Crippen LogP contribution in [0.4, 0.5) is 11.4 Å². The van der Waals surface area contributed by atoms with Crippen molar-refractivity contribution in [2.75, 3.05) is 17.2 Å². The molecule has 0 radical (unpaired) electrons. The lowest BCUT2D eigenvalue weighted by molar-refractivity contribution is -0.147. The van der Waals surface area contributed by atoms with Crippen LogP contribution in [0, 0.1) is 0 Å². The molecule has 0 aliphatic carbocycles. The van der Waals surface area contributed by atoms with Crippen LogP contribution in [0.2, 0.25) is 0 Å². The van der Waals surface area contributed by atoms with Crippen molar-refractivity contribution in [1.82, 2.24) is 0 Å². The van der Waals surface area contributed by atoms with Gasteiger partial charge in [0.05, 0.1) is 11.7 Å². The molecule has 8 nitrogen and oxygen atoms in total. The number of carbonyl (C=O) groups excluding carboxylic acids is 4. The molecule has 2 amide bonds. The van der Waals surface area contributed by atoms with Crippen molar-refractivity contribution in [3.63, 3.8) is 0 Å². The van der Waals surface area contributed by atoms with Crippen molar-refractivity contribution in [3.8, 4) is 0 Å². The molecule has 2 N–H and O–H groups in total. The Kier molecular flexibility index (Phi) is 10.1. The van der Waals surface area contributed by atoms with Gasteiger partial charge in [0.25, 0.3) is 5.91 Å². The van der Waals surface area contributed by atoms with Crippen LogP contribution in [0.3, 0.4) is 0 Å². The van der Waals surface area contributed by atoms with Crippen LogP contribution in [0.15, 0.2) is 48.5 Å². The SMILES string of the molecule is CCc1ccccc1NC(=O)COC(=O)CCCC(=O)Nc1ccc(C(=O)OC(C)C)cc1. The minimum Gasteiger partial charge on any atom is -0.459 e. The van der Waals surface area contributed by atoms with Crippen molar-refractivity contribution in [2.45, 2.75) is 52.6 Å². The van der Waals surface area contributed by atoms with Gasteiger partial charge in [-0.2, -0.15) is 0 Å². The lowest BCUT2D eigenvalue weighted by atomic mass is 10.1. The van der Waals surface area contributed by atoms with Crippen molar-refractivity contribution < 1.29 is 28.7 Å². The predicted molar refractivity (Wildman–Crippen MR) is 125 cm³/mol. The van der Waals surface area contributed by atoms with Gasteiger partial charge in [-0.3, -0.25) is 14.4 Å². The molecule has 0 atom stereocenters. The minimum absolute atomic E-state index is 0.0201. The zero-order valence-electron chi connectivity index (χ0n) is 19.2. The number of hydrogen-bond donors (Lipinski definition) is 2. The van der Waals surface area contributed by atoms with Gasteiger partial charge in [0.1, 0.15) is 0 Å². The molecule has 2 aromatic rings. The van der Waals surface area contributed by atoms with E-state index in [9.17, 15) is 19.2 Å². The third kappa shape index (κ3) is 9.14. The molecule has 0 saturated heterocycles. The molecule has 0 aliphatic rings. The normalized spacial score (nSPS) is 10.4. The summed E-state index contributed by atoms with van der Waals surface area (Å²) in [7, 11) is 0. The number of ether oxygens (including phenoxy) is 2. The molecule has 8 heteroatoms. The lowest BCUT2D eigenvalue weighted by Gasteiger charge is -2.10. The number of nitrogens with one attached hydrogen (secondary N) is 2. The van der Waals surface area contributed by atoms with Crippen LogP contribution in [-0.4, -0.2) is 36.5 Å². The maximum absolute atomic E-state index is 12.1. The van der Waals surface area contributed by atoms with Crippen LogP contribution >= 0.6 is 0 Å². The van der Waals surface area contributed by atoms with E-state index >= 15 is 0 Å². The van der Waals surface area contributed by atoms with E-state index in [4.69, 9.17) is 9.47 Å². The average molecular weight is 455 g/mol. The molecule has 0 bridgehead atoms. The van der Waals surface area contributed by atoms with Crippen LogP contribution in [0.1, 0.15) is 56.0 Å². The first-order valence-corrected chi connectivity index (χ1v) is 10.9. The molecule has 2 aromatic carbocycles. The summed E-state index contributed by atoms with van der Waals surface area (Å²) >= 11 is 0. The average Bonchev–Trinajstić information content (AvgIpc) is 2.78. The second-order valence-corrected chi connectivity index (χ2v) is 7.65. The monoisotopic (exact) mass is 454 g/mol. The highest BCUT2D eigenvalue weighted by Crippen LogP contribution is 2.15. The van der Waals surface area contributed by atoms with E-state index in [1.54, 1.807) is 44.2 Å². The van der Waals surface area contributed by atoms with Crippen molar-refractivity contribution >= 4 is 35.1 Å². The zero-order valence-corrected chi connectivity index (χ0v) is 19.2. The van der Waals surface area contributed by atoms with Gasteiger partial charge in [0, 0.05) is 24.2 Å². The van der Waals surface area contributed by atoms with E-state index in [1.807, 2.05) is 25.1 Å². The minimum atomic E-state index is -0.547. The van der Waals surface area contributed by atoms with E-state index in [-0.39, 0.29) is 37.9 Å². The molecular formula is C25H30N2O6. The largest absolute Gasteiger partial charge is 0.459 e.